The molecule has 9 heteroatoms. The molecule has 1 atom stereocenters. The van der Waals surface area contributed by atoms with Crippen molar-refractivity contribution < 1.29 is 19.0 Å². The van der Waals surface area contributed by atoms with Crippen LogP contribution in [0.1, 0.15) is 18.5 Å². The van der Waals surface area contributed by atoms with Gasteiger partial charge in [-0.25, -0.2) is 9.79 Å². The Hall–Kier alpha value is -3.12. The third kappa shape index (κ3) is 2.98. The predicted molar refractivity (Wildman–Crippen MR) is 101 cm³/mol. The lowest BCUT2D eigenvalue weighted by Crippen LogP contribution is -2.38. The number of fused-ring (bicyclic) bond motifs is 1. The van der Waals surface area contributed by atoms with Gasteiger partial charge in [0.1, 0.15) is 34.3 Å². The summed E-state index contributed by atoms with van der Waals surface area (Å²) in [6.07, 6.45) is 0. The summed E-state index contributed by atoms with van der Waals surface area (Å²) in [4.78, 5) is 19.0. The molecule has 0 amide bonds. The van der Waals surface area contributed by atoms with Crippen molar-refractivity contribution in [3.63, 3.8) is 0 Å². The van der Waals surface area contributed by atoms with Crippen LogP contribution < -0.4 is 15.2 Å². The van der Waals surface area contributed by atoms with Gasteiger partial charge in [0.25, 0.3) is 0 Å². The van der Waals surface area contributed by atoms with Crippen molar-refractivity contribution in [2.24, 2.45) is 10.7 Å². The Kier molecular flexibility index (Phi) is 5.01. The summed E-state index contributed by atoms with van der Waals surface area (Å²) in [6.45, 7) is 1.72. The zero-order chi connectivity index (χ0) is 19.7. The molecule has 0 aromatic heterocycles. The van der Waals surface area contributed by atoms with Crippen molar-refractivity contribution in [1.82, 2.24) is 4.90 Å². The van der Waals surface area contributed by atoms with E-state index in [1.54, 1.807) is 37.1 Å². The summed E-state index contributed by atoms with van der Waals surface area (Å²) >= 11 is 1.16. The van der Waals surface area contributed by atoms with Gasteiger partial charge < -0.3 is 19.9 Å². The van der Waals surface area contributed by atoms with Crippen molar-refractivity contribution >= 4 is 22.9 Å². The van der Waals surface area contributed by atoms with E-state index in [1.807, 2.05) is 0 Å². The van der Waals surface area contributed by atoms with Gasteiger partial charge in [0.2, 0.25) is 0 Å². The lowest BCUT2D eigenvalue weighted by atomic mass is 9.93. The molecule has 140 valence electrons. The van der Waals surface area contributed by atoms with Crippen molar-refractivity contribution in [3.8, 4) is 17.6 Å². The summed E-state index contributed by atoms with van der Waals surface area (Å²) in [7, 11) is 4.39. The van der Waals surface area contributed by atoms with Crippen LogP contribution >= 0.6 is 11.8 Å². The van der Waals surface area contributed by atoms with Crippen LogP contribution in [0.2, 0.25) is 0 Å². The first kappa shape index (κ1) is 18.7. The number of hydrogen-bond donors (Lipinski definition) is 1. The molecule has 0 bridgehead atoms. The van der Waals surface area contributed by atoms with Crippen LogP contribution in [0.25, 0.3) is 0 Å². The fourth-order valence-corrected chi connectivity index (χ4v) is 3.97. The minimum atomic E-state index is -0.673. The van der Waals surface area contributed by atoms with Crippen LogP contribution in [0.15, 0.2) is 45.2 Å². The first-order chi connectivity index (χ1) is 13.0. The molecule has 27 heavy (non-hydrogen) atoms. The highest BCUT2D eigenvalue weighted by Crippen LogP contribution is 2.47. The van der Waals surface area contributed by atoms with Gasteiger partial charge in [-0.3, -0.25) is 4.90 Å². The molecule has 2 N–H and O–H groups in total. The number of rotatable bonds is 4. The van der Waals surface area contributed by atoms with E-state index in [0.29, 0.717) is 38.4 Å². The Morgan fingerprint density at radius 2 is 2.07 bits per heavy atom. The van der Waals surface area contributed by atoms with E-state index >= 15 is 0 Å². The zero-order valence-corrected chi connectivity index (χ0v) is 16.1. The standard InChI is InChI=1S/C18H18N4O4S/c1-9-14(17(23)26-4)15(11-7-10(24-2)5-6-12(11)25-3)22-16(20)13(8-19)27-18(22)21-9/h5-7,15H,20H2,1-4H3/t15-/m1/s1. The van der Waals surface area contributed by atoms with Gasteiger partial charge in [-0.05, 0) is 36.9 Å². The number of amidine groups is 1. The highest BCUT2D eigenvalue weighted by atomic mass is 32.2. The Labute approximate surface area is 160 Å². The van der Waals surface area contributed by atoms with E-state index in [0.717, 1.165) is 11.8 Å². The number of hydrogen-bond acceptors (Lipinski definition) is 9. The molecule has 0 spiro atoms. The van der Waals surface area contributed by atoms with Crippen LogP contribution in [0.4, 0.5) is 0 Å². The average molecular weight is 386 g/mol. The van der Waals surface area contributed by atoms with E-state index < -0.39 is 12.0 Å². The Morgan fingerprint density at radius 1 is 1.33 bits per heavy atom. The zero-order valence-electron chi connectivity index (χ0n) is 15.3. The lowest BCUT2D eigenvalue weighted by Gasteiger charge is -2.35. The molecule has 0 saturated carbocycles. The lowest BCUT2D eigenvalue weighted by molar-refractivity contribution is -0.136. The number of aliphatic imine (C=N–C) groups is 1. The maximum atomic E-state index is 12.6. The normalized spacial score (nSPS) is 18.7. The van der Waals surface area contributed by atoms with Gasteiger partial charge in [-0.2, -0.15) is 5.26 Å². The highest BCUT2D eigenvalue weighted by Gasteiger charge is 2.43. The van der Waals surface area contributed by atoms with Gasteiger partial charge in [0, 0.05) is 5.56 Å². The third-order valence-electron chi connectivity index (χ3n) is 4.31. The molecular formula is C18H18N4O4S. The van der Waals surface area contributed by atoms with E-state index in [9.17, 15) is 10.1 Å². The quantitative estimate of drug-likeness (QED) is 0.785. The Morgan fingerprint density at radius 3 is 2.67 bits per heavy atom. The van der Waals surface area contributed by atoms with Gasteiger partial charge in [-0.1, -0.05) is 0 Å². The molecule has 0 saturated heterocycles. The van der Waals surface area contributed by atoms with Crippen LogP contribution in [0.5, 0.6) is 11.5 Å². The fourth-order valence-electron chi connectivity index (χ4n) is 3.06. The number of esters is 1. The van der Waals surface area contributed by atoms with E-state index in [2.05, 4.69) is 11.1 Å². The second-order valence-electron chi connectivity index (χ2n) is 5.69. The average Bonchev–Trinajstić information content (AvgIpc) is 3.00. The Bertz CT molecular complexity index is 945. The molecule has 2 aliphatic rings. The third-order valence-corrected chi connectivity index (χ3v) is 5.29. The fraction of sp³-hybridized carbons (Fsp3) is 0.278. The first-order valence-corrected chi connectivity index (χ1v) is 8.75. The molecule has 1 aromatic rings. The number of nitrogens with two attached hydrogens (primary N) is 1. The molecule has 0 radical (unpaired) electrons. The second-order valence-corrected chi connectivity index (χ2v) is 6.67. The van der Waals surface area contributed by atoms with Crippen LogP contribution in [-0.4, -0.2) is 37.4 Å². The molecule has 0 aliphatic carbocycles. The topological polar surface area (TPSA) is 110 Å². The molecule has 8 nitrogen and oxygen atoms in total. The van der Waals surface area contributed by atoms with Crippen LogP contribution in [-0.2, 0) is 9.53 Å². The summed E-state index contributed by atoms with van der Waals surface area (Å²) in [5.41, 5.74) is 7.67. The van der Waals surface area contributed by atoms with Crippen molar-refractivity contribution in [1.29, 1.82) is 5.26 Å². The minimum Gasteiger partial charge on any atom is -0.497 e. The van der Waals surface area contributed by atoms with Crippen LogP contribution in [0, 0.1) is 11.3 Å². The molecule has 0 unspecified atom stereocenters. The summed E-state index contributed by atoms with van der Waals surface area (Å²) in [5, 5.41) is 9.89. The highest BCUT2D eigenvalue weighted by molar-refractivity contribution is 8.17. The summed E-state index contributed by atoms with van der Waals surface area (Å²) in [6, 6.07) is 6.67. The molecule has 0 fully saturated rings. The number of nitriles is 1. The molecule has 2 aliphatic heterocycles. The maximum Gasteiger partial charge on any atom is 0.338 e. The van der Waals surface area contributed by atoms with Gasteiger partial charge in [0.05, 0.1) is 32.6 Å². The number of ether oxygens (including phenoxy) is 3. The number of thioether (sulfide) groups is 1. The van der Waals surface area contributed by atoms with Crippen molar-refractivity contribution in [2.45, 2.75) is 13.0 Å². The van der Waals surface area contributed by atoms with Gasteiger partial charge in [-0.15, -0.1) is 0 Å². The first-order valence-electron chi connectivity index (χ1n) is 7.93. The molecule has 2 heterocycles. The number of allylic oxidation sites excluding steroid dienone is 2. The number of benzene rings is 1. The van der Waals surface area contributed by atoms with E-state index in [1.165, 1.54) is 14.2 Å². The monoisotopic (exact) mass is 386 g/mol. The van der Waals surface area contributed by atoms with E-state index in [4.69, 9.17) is 19.9 Å². The number of carbonyl (C=O) groups is 1. The summed E-state index contributed by atoms with van der Waals surface area (Å²) in [5.74, 6) is 0.824. The number of methoxy groups -OCH3 is 3. The summed E-state index contributed by atoms with van der Waals surface area (Å²) < 4.78 is 15.8. The van der Waals surface area contributed by atoms with Crippen molar-refractivity contribution in [2.75, 3.05) is 21.3 Å². The maximum absolute atomic E-state index is 12.6. The molecule has 1 aromatic carbocycles. The van der Waals surface area contributed by atoms with Crippen LogP contribution in [0.3, 0.4) is 0 Å². The molecular weight excluding hydrogens is 368 g/mol. The number of nitrogens with zero attached hydrogens (tertiary/aromatic N) is 3. The van der Waals surface area contributed by atoms with Crippen molar-refractivity contribution in [3.05, 3.63) is 45.8 Å². The Balaban J connectivity index is 2.29. The molecule has 3 rings (SSSR count). The SMILES string of the molecule is COC(=O)C1=C(C)N=C2SC(C#N)=C(N)N2[C@@H]1c1cc(OC)ccc1OC. The largest absolute Gasteiger partial charge is 0.497 e. The van der Waals surface area contributed by atoms with E-state index in [-0.39, 0.29) is 5.82 Å². The van der Waals surface area contributed by atoms with Gasteiger partial charge >= 0.3 is 5.97 Å². The minimum absolute atomic E-state index is 0.227. The van der Waals surface area contributed by atoms with Gasteiger partial charge in [0.15, 0.2) is 5.17 Å². The smallest absolute Gasteiger partial charge is 0.338 e. The predicted octanol–water partition coefficient (Wildman–Crippen LogP) is 2.26. The second kappa shape index (κ2) is 7.25. The number of carbonyl (C=O) groups excluding carboxylic acids is 1.